The van der Waals surface area contributed by atoms with Gasteiger partial charge >= 0.3 is 0 Å². The number of carbonyl (C=O) groups excluding carboxylic acids is 1. The molecule has 0 aliphatic carbocycles. The molecule has 26 heavy (non-hydrogen) atoms. The molecule has 1 amide bonds. The number of pyridine rings is 1. The summed E-state index contributed by atoms with van der Waals surface area (Å²) in [4.78, 5) is 17.0. The van der Waals surface area contributed by atoms with Crippen LogP contribution < -0.4 is 11.1 Å². The molecule has 2 aromatic heterocycles. The summed E-state index contributed by atoms with van der Waals surface area (Å²) in [6, 6.07) is 9.71. The zero-order chi connectivity index (χ0) is 18.7. The Morgan fingerprint density at radius 1 is 1.27 bits per heavy atom. The minimum absolute atomic E-state index is 0.245. The van der Waals surface area contributed by atoms with E-state index in [-0.39, 0.29) is 5.91 Å². The van der Waals surface area contributed by atoms with Crippen LogP contribution >= 0.6 is 0 Å². The van der Waals surface area contributed by atoms with Crippen LogP contribution in [0.1, 0.15) is 42.9 Å². The lowest BCUT2D eigenvalue weighted by Gasteiger charge is -2.31. The number of hydrogen-bond donors (Lipinski definition) is 2. The molecule has 7 heteroatoms. The summed E-state index contributed by atoms with van der Waals surface area (Å²) in [7, 11) is 0. The summed E-state index contributed by atoms with van der Waals surface area (Å²) in [5, 5.41) is 12.3. The lowest BCUT2D eigenvalue weighted by molar-refractivity contribution is 0.0889. The van der Waals surface area contributed by atoms with Crippen molar-refractivity contribution in [1.29, 1.82) is 0 Å². The van der Waals surface area contributed by atoms with Crippen LogP contribution in [0.2, 0.25) is 0 Å². The van der Waals surface area contributed by atoms with Gasteiger partial charge in [-0.3, -0.25) is 9.78 Å². The van der Waals surface area contributed by atoms with Gasteiger partial charge in [-0.2, -0.15) is 0 Å². The van der Waals surface area contributed by atoms with Crippen LogP contribution in [-0.2, 0) is 0 Å². The van der Waals surface area contributed by atoms with Crippen molar-refractivity contribution in [2.24, 2.45) is 5.73 Å². The predicted molar refractivity (Wildman–Crippen MR) is 101 cm³/mol. The maximum absolute atomic E-state index is 12.7. The molecule has 0 aliphatic rings. The molecule has 0 spiro atoms. The van der Waals surface area contributed by atoms with E-state index in [4.69, 9.17) is 5.73 Å². The highest BCUT2D eigenvalue weighted by molar-refractivity contribution is 5.94. The molecule has 0 saturated carbocycles. The maximum atomic E-state index is 12.7. The van der Waals surface area contributed by atoms with Gasteiger partial charge in [0.1, 0.15) is 0 Å². The second-order valence-electron chi connectivity index (χ2n) is 6.46. The van der Waals surface area contributed by atoms with Crippen LogP contribution in [0, 0.1) is 6.92 Å². The Hall–Kier alpha value is -2.80. The van der Waals surface area contributed by atoms with Crippen LogP contribution in [0.15, 0.2) is 36.5 Å². The van der Waals surface area contributed by atoms with Crippen LogP contribution in [-0.4, -0.2) is 38.0 Å². The van der Waals surface area contributed by atoms with Gasteiger partial charge in [-0.05, 0) is 44.0 Å². The third kappa shape index (κ3) is 3.17. The first kappa shape index (κ1) is 18.0. The van der Waals surface area contributed by atoms with Gasteiger partial charge in [0.2, 0.25) is 0 Å². The molecule has 0 fully saturated rings. The fourth-order valence-corrected chi connectivity index (χ4v) is 3.05. The van der Waals surface area contributed by atoms with E-state index in [0.29, 0.717) is 17.9 Å². The molecule has 3 aromatic rings. The highest BCUT2D eigenvalue weighted by Crippen LogP contribution is 2.19. The molecule has 0 saturated heterocycles. The number of aromatic nitrogens is 4. The van der Waals surface area contributed by atoms with E-state index < -0.39 is 5.54 Å². The van der Waals surface area contributed by atoms with E-state index in [9.17, 15) is 4.79 Å². The van der Waals surface area contributed by atoms with Gasteiger partial charge < -0.3 is 11.1 Å². The van der Waals surface area contributed by atoms with Gasteiger partial charge in [0, 0.05) is 18.1 Å². The summed E-state index contributed by atoms with van der Waals surface area (Å²) in [5.41, 5.74) is 8.21. The maximum Gasteiger partial charge on any atom is 0.274 e. The van der Waals surface area contributed by atoms with Gasteiger partial charge in [-0.1, -0.05) is 25.1 Å². The highest BCUT2D eigenvalue weighted by atomic mass is 16.2. The molecule has 0 bridgehead atoms. The van der Waals surface area contributed by atoms with E-state index in [0.717, 1.165) is 29.4 Å². The van der Waals surface area contributed by atoms with Crippen molar-refractivity contribution in [1.82, 2.24) is 25.3 Å². The van der Waals surface area contributed by atoms with E-state index in [1.165, 1.54) is 0 Å². The topological polar surface area (TPSA) is 98.7 Å². The van der Waals surface area contributed by atoms with E-state index >= 15 is 0 Å². The van der Waals surface area contributed by atoms with Crippen molar-refractivity contribution in [3.8, 4) is 5.69 Å². The summed E-state index contributed by atoms with van der Waals surface area (Å²) in [6.07, 6.45) is 3.28. The average Bonchev–Trinajstić information content (AvgIpc) is 3.07. The van der Waals surface area contributed by atoms with Gasteiger partial charge in [0.15, 0.2) is 5.69 Å². The van der Waals surface area contributed by atoms with E-state index in [1.807, 2.05) is 51.1 Å². The van der Waals surface area contributed by atoms with Crippen LogP contribution in [0.25, 0.3) is 16.6 Å². The molecule has 1 aromatic carbocycles. The number of carbonyl (C=O) groups is 1. The SMILES string of the molecule is CCC(CC)(CN)NC(=O)c1nnn(-c2ccc3ncccc3c2)c1C. The molecule has 7 nitrogen and oxygen atoms in total. The van der Waals surface area contributed by atoms with E-state index in [2.05, 4.69) is 20.6 Å². The van der Waals surface area contributed by atoms with Crippen LogP contribution in [0.4, 0.5) is 0 Å². The summed E-state index contributed by atoms with van der Waals surface area (Å²) < 4.78 is 1.67. The highest BCUT2D eigenvalue weighted by Gasteiger charge is 2.29. The fourth-order valence-electron chi connectivity index (χ4n) is 3.05. The van der Waals surface area contributed by atoms with Gasteiger partial charge in [-0.25, -0.2) is 4.68 Å². The molecule has 0 atom stereocenters. The molecule has 3 rings (SSSR count). The first-order chi connectivity index (χ1) is 12.5. The first-order valence-corrected chi connectivity index (χ1v) is 8.83. The zero-order valence-corrected chi connectivity index (χ0v) is 15.4. The van der Waals surface area contributed by atoms with Crippen LogP contribution in [0.5, 0.6) is 0 Å². The average molecular weight is 352 g/mol. The molecular formula is C19H24N6O. The van der Waals surface area contributed by atoms with Crippen molar-refractivity contribution in [3.05, 3.63) is 47.9 Å². The largest absolute Gasteiger partial charge is 0.344 e. The number of rotatable bonds is 6. The van der Waals surface area contributed by atoms with E-state index in [1.54, 1.807) is 10.9 Å². The number of fused-ring (bicyclic) bond motifs is 1. The van der Waals surface area contributed by atoms with Gasteiger partial charge in [0.25, 0.3) is 5.91 Å². The second-order valence-corrected chi connectivity index (χ2v) is 6.46. The lowest BCUT2D eigenvalue weighted by Crippen LogP contribution is -2.53. The fraction of sp³-hybridized carbons (Fsp3) is 0.368. The first-order valence-electron chi connectivity index (χ1n) is 8.83. The van der Waals surface area contributed by atoms with Crippen molar-refractivity contribution >= 4 is 16.8 Å². The van der Waals surface area contributed by atoms with Crippen molar-refractivity contribution in [2.75, 3.05) is 6.54 Å². The predicted octanol–water partition coefficient (Wildman–Crippen LogP) is 2.37. The minimum Gasteiger partial charge on any atom is -0.344 e. The number of benzene rings is 1. The zero-order valence-electron chi connectivity index (χ0n) is 15.4. The Balaban J connectivity index is 1.93. The van der Waals surface area contributed by atoms with Crippen LogP contribution in [0.3, 0.4) is 0 Å². The molecule has 3 N–H and O–H groups in total. The molecule has 2 heterocycles. The molecular weight excluding hydrogens is 328 g/mol. The summed E-state index contributed by atoms with van der Waals surface area (Å²) in [6.45, 7) is 6.26. The molecule has 0 unspecified atom stereocenters. The Bertz CT molecular complexity index is 920. The lowest BCUT2D eigenvalue weighted by atomic mass is 9.92. The monoisotopic (exact) mass is 352 g/mol. The molecule has 0 radical (unpaired) electrons. The molecule has 136 valence electrons. The Morgan fingerprint density at radius 3 is 2.73 bits per heavy atom. The Labute approximate surface area is 152 Å². The van der Waals surface area contributed by atoms with Gasteiger partial charge in [-0.15, -0.1) is 5.10 Å². The van der Waals surface area contributed by atoms with Crippen molar-refractivity contribution < 1.29 is 4.79 Å². The number of amides is 1. The smallest absolute Gasteiger partial charge is 0.274 e. The van der Waals surface area contributed by atoms with Crippen molar-refractivity contribution in [2.45, 2.75) is 39.2 Å². The number of nitrogens with two attached hydrogens (primary N) is 1. The third-order valence-electron chi connectivity index (χ3n) is 5.06. The third-order valence-corrected chi connectivity index (χ3v) is 5.06. The number of hydrogen-bond acceptors (Lipinski definition) is 5. The normalized spacial score (nSPS) is 11.7. The number of nitrogens with one attached hydrogen (secondary N) is 1. The standard InChI is InChI=1S/C19H24N6O/c1-4-19(5-2,12-20)22-18(26)17-13(3)25(24-23-17)15-8-9-16-14(11-15)7-6-10-21-16/h6-11H,4-5,12,20H2,1-3H3,(H,22,26). The summed E-state index contributed by atoms with van der Waals surface area (Å²) in [5.74, 6) is -0.245. The molecule has 0 aliphatic heterocycles. The Kier molecular flexibility index (Phi) is 4.99. The number of nitrogens with zero attached hydrogens (tertiary/aromatic N) is 4. The van der Waals surface area contributed by atoms with Gasteiger partial charge in [0.05, 0.1) is 22.4 Å². The second kappa shape index (κ2) is 7.21. The minimum atomic E-state index is -0.415. The quantitative estimate of drug-likeness (QED) is 0.709. The Morgan fingerprint density at radius 2 is 2.04 bits per heavy atom. The summed E-state index contributed by atoms with van der Waals surface area (Å²) >= 11 is 0. The van der Waals surface area contributed by atoms with Crippen molar-refractivity contribution in [3.63, 3.8) is 0 Å².